The zero-order valence-corrected chi connectivity index (χ0v) is 9.08. The van der Waals surface area contributed by atoms with E-state index < -0.39 is 5.97 Å². The lowest BCUT2D eigenvalue weighted by atomic mass is 10.2. The number of carbonyl (C=O) groups is 1. The molecule has 0 unspecified atom stereocenters. The molecule has 82 valence electrons. The summed E-state index contributed by atoms with van der Waals surface area (Å²) in [5.74, 6) is 0.146. The van der Waals surface area contributed by atoms with Crippen molar-refractivity contribution in [1.29, 1.82) is 0 Å². The van der Waals surface area contributed by atoms with Crippen molar-refractivity contribution in [3.05, 3.63) is 28.8 Å². The number of ether oxygens (including phenoxy) is 2. The van der Waals surface area contributed by atoms with E-state index in [0.29, 0.717) is 10.8 Å². The molecular formula is C10H12ClNO3. The molecule has 0 aliphatic rings. The normalized spacial score (nSPS) is 9.80. The van der Waals surface area contributed by atoms with E-state index in [1.807, 2.05) is 0 Å². The quantitative estimate of drug-likeness (QED) is 0.792. The Morgan fingerprint density at radius 2 is 2.27 bits per heavy atom. The number of hydrogen-bond donors (Lipinski definition) is 1. The summed E-state index contributed by atoms with van der Waals surface area (Å²) in [6, 6.07) is 5.17. The van der Waals surface area contributed by atoms with Crippen molar-refractivity contribution in [3.63, 3.8) is 0 Å². The average Bonchev–Trinajstić information content (AvgIpc) is 2.26. The van der Waals surface area contributed by atoms with Crippen LogP contribution in [-0.4, -0.2) is 19.6 Å². The van der Waals surface area contributed by atoms with Crippen molar-refractivity contribution < 1.29 is 14.3 Å². The second-order valence-electron chi connectivity index (χ2n) is 2.83. The van der Waals surface area contributed by atoms with Gasteiger partial charge in [-0.15, -0.1) is 0 Å². The Labute approximate surface area is 92.9 Å². The average molecular weight is 230 g/mol. The Balaban J connectivity index is 2.63. The molecule has 0 saturated heterocycles. The minimum Gasteiger partial charge on any atom is -0.495 e. The van der Waals surface area contributed by atoms with Gasteiger partial charge in [0.25, 0.3) is 0 Å². The molecule has 0 atom stereocenters. The Hall–Kier alpha value is -1.26. The lowest BCUT2D eigenvalue weighted by Gasteiger charge is -2.06. The van der Waals surface area contributed by atoms with Crippen LogP contribution in [-0.2, 0) is 16.1 Å². The van der Waals surface area contributed by atoms with Gasteiger partial charge in [-0.25, -0.2) is 0 Å². The highest BCUT2D eigenvalue weighted by molar-refractivity contribution is 6.32. The van der Waals surface area contributed by atoms with Crippen molar-refractivity contribution >= 4 is 17.6 Å². The van der Waals surface area contributed by atoms with Crippen molar-refractivity contribution in [1.82, 2.24) is 0 Å². The van der Waals surface area contributed by atoms with Crippen molar-refractivity contribution in [2.75, 3.05) is 13.7 Å². The number of halogens is 1. The van der Waals surface area contributed by atoms with Gasteiger partial charge in [-0.1, -0.05) is 17.7 Å². The largest absolute Gasteiger partial charge is 0.495 e. The highest BCUT2D eigenvalue weighted by Gasteiger charge is 2.04. The lowest BCUT2D eigenvalue weighted by Crippen LogP contribution is -2.16. The monoisotopic (exact) mass is 229 g/mol. The zero-order valence-electron chi connectivity index (χ0n) is 8.33. The minimum absolute atomic E-state index is 0.121. The molecule has 2 N–H and O–H groups in total. The molecule has 0 saturated carbocycles. The summed E-state index contributed by atoms with van der Waals surface area (Å²) in [6.45, 7) is 0.0453. The summed E-state index contributed by atoms with van der Waals surface area (Å²) in [4.78, 5) is 10.8. The number of esters is 1. The first-order valence-electron chi connectivity index (χ1n) is 4.35. The van der Waals surface area contributed by atoms with Crippen molar-refractivity contribution in [2.45, 2.75) is 6.61 Å². The molecule has 1 aromatic carbocycles. The Bertz CT molecular complexity index is 355. The Morgan fingerprint density at radius 1 is 1.53 bits per heavy atom. The minimum atomic E-state index is -0.443. The molecule has 0 aliphatic carbocycles. The van der Waals surface area contributed by atoms with E-state index in [1.165, 1.54) is 7.11 Å². The molecular weight excluding hydrogens is 218 g/mol. The van der Waals surface area contributed by atoms with Gasteiger partial charge in [-0.2, -0.15) is 0 Å². The number of methoxy groups -OCH3 is 1. The maximum absolute atomic E-state index is 10.8. The van der Waals surface area contributed by atoms with Gasteiger partial charge < -0.3 is 15.2 Å². The SMILES string of the molecule is COc1ccc(COC(=O)CN)cc1Cl. The molecule has 0 aromatic heterocycles. The Morgan fingerprint density at radius 3 is 2.80 bits per heavy atom. The van der Waals surface area contributed by atoms with Gasteiger partial charge >= 0.3 is 5.97 Å². The van der Waals surface area contributed by atoms with Crippen LogP contribution in [0.5, 0.6) is 5.75 Å². The second kappa shape index (κ2) is 5.58. The third-order valence-corrected chi connectivity index (χ3v) is 2.08. The van der Waals surface area contributed by atoms with Crippen LogP contribution in [0.3, 0.4) is 0 Å². The van der Waals surface area contributed by atoms with E-state index in [1.54, 1.807) is 18.2 Å². The molecule has 0 aliphatic heterocycles. The lowest BCUT2D eigenvalue weighted by molar-refractivity contribution is -0.143. The van der Waals surface area contributed by atoms with Crippen LogP contribution in [0.4, 0.5) is 0 Å². The maximum Gasteiger partial charge on any atom is 0.320 e. The predicted molar refractivity (Wildman–Crippen MR) is 56.9 cm³/mol. The smallest absolute Gasteiger partial charge is 0.320 e. The Kier molecular flexibility index (Phi) is 4.39. The van der Waals surface area contributed by atoms with E-state index in [4.69, 9.17) is 26.8 Å². The standard InChI is InChI=1S/C10H12ClNO3/c1-14-9-3-2-7(4-8(9)11)6-15-10(13)5-12/h2-4H,5-6,12H2,1H3. The van der Waals surface area contributed by atoms with Gasteiger partial charge in [0.1, 0.15) is 12.4 Å². The number of nitrogens with two attached hydrogens (primary N) is 1. The van der Waals surface area contributed by atoms with Crippen LogP contribution in [0, 0.1) is 0 Å². The number of hydrogen-bond acceptors (Lipinski definition) is 4. The molecule has 0 spiro atoms. The van der Waals surface area contributed by atoms with Gasteiger partial charge in [-0.05, 0) is 17.7 Å². The van der Waals surface area contributed by atoms with Crippen molar-refractivity contribution in [2.24, 2.45) is 5.73 Å². The van der Waals surface area contributed by atoms with E-state index in [0.717, 1.165) is 5.56 Å². The number of benzene rings is 1. The molecule has 0 bridgehead atoms. The van der Waals surface area contributed by atoms with Crippen molar-refractivity contribution in [3.8, 4) is 5.75 Å². The fourth-order valence-corrected chi connectivity index (χ4v) is 1.30. The van der Waals surface area contributed by atoms with E-state index in [-0.39, 0.29) is 13.2 Å². The van der Waals surface area contributed by atoms with Crippen LogP contribution >= 0.6 is 11.6 Å². The summed E-state index contributed by atoms with van der Waals surface area (Å²) < 4.78 is 9.83. The van der Waals surface area contributed by atoms with Crippen LogP contribution in [0.25, 0.3) is 0 Å². The van der Waals surface area contributed by atoms with E-state index in [2.05, 4.69) is 0 Å². The van der Waals surface area contributed by atoms with Gasteiger partial charge in [0.15, 0.2) is 0 Å². The summed E-state index contributed by atoms with van der Waals surface area (Å²) >= 11 is 5.89. The molecule has 15 heavy (non-hydrogen) atoms. The van der Waals surface area contributed by atoms with Crippen LogP contribution in [0.15, 0.2) is 18.2 Å². The van der Waals surface area contributed by atoms with Gasteiger partial charge in [-0.3, -0.25) is 4.79 Å². The van der Waals surface area contributed by atoms with Crippen LogP contribution in [0.1, 0.15) is 5.56 Å². The molecule has 0 amide bonds. The number of carbonyl (C=O) groups excluding carboxylic acids is 1. The summed E-state index contributed by atoms with van der Waals surface area (Å²) in [5.41, 5.74) is 5.89. The highest BCUT2D eigenvalue weighted by Crippen LogP contribution is 2.25. The maximum atomic E-state index is 10.8. The number of rotatable bonds is 4. The molecule has 0 fully saturated rings. The molecule has 1 rings (SSSR count). The summed E-state index contributed by atoms with van der Waals surface area (Å²) in [7, 11) is 1.54. The second-order valence-corrected chi connectivity index (χ2v) is 3.24. The molecule has 5 heteroatoms. The van der Waals surface area contributed by atoms with E-state index >= 15 is 0 Å². The van der Waals surface area contributed by atoms with Gasteiger partial charge in [0, 0.05) is 0 Å². The highest BCUT2D eigenvalue weighted by atomic mass is 35.5. The first kappa shape index (κ1) is 11.8. The van der Waals surface area contributed by atoms with Gasteiger partial charge in [0.2, 0.25) is 0 Å². The molecule has 0 heterocycles. The predicted octanol–water partition coefficient (Wildman–Crippen LogP) is 1.35. The topological polar surface area (TPSA) is 61.5 Å². The third kappa shape index (κ3) is 3.42. The van der Waals surface area contributed by atoms with E-state index in [9.17, 15) is 4.79 Å². The fraction of sp³-hybridized carbons (Fsp3) is 0.300. The van der Waals surface area contributed by atoms with Gasteiger partial charge in [0.05, 0.1) is 18.7 Å². The first-order valence-corrected chi connectivity index (χ1v) is 4.73. The third-order valence-electron chi connectivity index (χ3n) is 1.78. The molecule has 4 nitrogen and oxygen atoms in total. The fourth-order valence-electron chi connectivity index (χ4n) is 1.02. The summed E-state index contributed by atoms with van der Waals surface area (Å²) in [6.07, 6.45) is 0. The summed E-state index contributed by atoms with van der Waals surface area (Å²) in [5, 5.41) is 0.485. The zero-order chi connectivity index (χ0) is 11.3. The first-order chi connectivity index (χ1) is 7.17. The van der Waals surface area contributed by atoms with Crippen LogP contribution < -0.4 is 10.5 Å². The van der Waals surface area contributed by atoms with Crippen LogP contribution in [0.2, 0.25) is 5.02 Å². The molecule has 0 radical (unpaired) electrons. The molecule has 1 aromatic rings.